The van der Waals surface area contributed by atoms with Gasteiger partial charge in [-0.2, -0.15) is 5.21 Å². The van der Waals surface area contributed by atoms with Crippen molar-refractivity contribution in [2.24, 2.45) is 0 Å². The molecule has 4 rings (SSSR count). The number of H-pyrrole nitrogens is 1. The van der Waals surface area contributed by atoms with E-state index in [-0.39, 0.29) is 28.1 Å². The molecule has 2 heterocycles. The number of tetrazole rings is 1. The maximum absolute atomic E-state index is 10.2. The van der Waals surface area contributed by atoms with Crippen LogP contribution >= 0.6 is 11.6 Å². The van der Waals surface area contributed by atoms with E-state index < -0.39 is 79.9 Å². The molecule has 0 saturated carbocycles. The van der Waals surface area contributed by atoms with E-state index in [9.17, 15) is 5.11 Å². The molecule has 0 aliphatic carbocycles. The Morgan fingerprint density at radius 2 is 2.03 bits per heavy atom. The average Bonchev–Trinajstić information content (AvgIpc) is 3.57. The van der Waals surface area contributed by atoms with Crippen LogP contribution in [0.4, 0.5) is 0 Å². The van der Waals surface area contributed by atoms with Gasteiger partial charge in [-0.15, -0.1) is 10.2 Å². The van der Waals surface area contributed by atoms with Crippen LogP contribution in [0.25, 0.3) is 22.5 Å². The van der Waals surface area contributed by atoms with Gasteiger partial charge in [0.25, 0.3) is 0 Å². The molecule has 30 heavy (non-hydrogen) atoms. The summed E-state index contributed by atoms with van der Waals surface area (Å²) < 4.78 is 121. The van der Waals surface area contributed by atoms with Gasteiger partial charge >= 0.3 is 0 Å². The third kappa shape index (κ3) is 4.13. The minimum atomic E-state index is -3.79. The second-order valence-corrected chi connectivity index (χ2v) is 6.19. The number of nitrogens with zero attached hydrogens (tertiary/aromatic N) is 5. The van der Waals surface area contributed by atoms with Crippen molar-refractivity contribution in [3.8, 4) is 22.5 Å². The Balaban J connectivity index is 1.87. The molecule has 0 fully saturated rings. The molecule has 8 heteroatoms. The minimum absolute atomic E-state index is 0.0177. The van der Waals surface area contributed by atoms with E-state index in [1.807, 2.05) is 0 Å². The molecule has 0 unspecified atom stereocenters. The highest BCUT2D eigenvalue weighted by Crippen LogP contribution is 2.30. The second-order valence-electron chi connectivity index (χ2n) is 5.83. The maximum Gasteiger partial charge on any atom is 0.205 e. The average molecular weight is 438 g/mol. The molecule has 154 valence electrons. The molecule has 0 amide bonds. The van der Waals surface area contributed by atoms with Crippen LogP contribution in [0, 0.1) is 0 Å². The van der Waals surface area contributed by atoms with Crippen LogP contribution in [0.5, 0.6) is 0 Å². The smallest absolute Gasteiger partial charge is 0.205 e. The van der Waals surface area contributed by atoms with Gasteiger partial charge in [0.05, 0.1) is 20.5 Å². The standard InChI is InChI=1S/C22H23ClN6O/c1-2-3-8-20-24-21(23)19(14-30)29(20)13-15-9-11-16(12-10-15)17-6-4-5-7-18(17)22-25-27-28-26-22/h4-7,9-12,30H,2-3,8,13-14H2,1H3,(H,25,26,27,28)/i1D3,2D2,3D2,4D,5D,6D,7D,8D2,14D2. The van der Waals surface area contributed by atoms with Crippen molar-refractivity contribution in [1.82, 2.24) is 30.2 Å². The molecular formula is C22H23ClN6O. The summed E-state index contributed by atoms with van der Waals surface area (Å²) in [5.74, 6) is -1.11. The third-order valence-corrected chi connectivity index (χ3v) is 4.37. The fourth-order valence-corrected chi connectivity index (χ4v) is 3.01. The number of aromatic amines is 1. The summed E-state index contributed by atoms with van der Waals surface area (Å²) in [6, 6.07) is 3.72. The Bertz CT molecular complexity index is 1730. The van der Waals surface area contributed by atoms with E-state index in [0.29, 0.717) is 4.57 Å². The van der Waals surface area contributed by atoms with Gasteiger partial charge in [-0.3, -0.25) is 0 Å². The lowest BCUT2D eigenvalue weighted by Gasteiger charge is -2.12. The summed E-state index contributed by atoms with van der Waals surface area (Å²) in [5.41, 5.74) is -0.361. The van der Waals surface area contributed by atoms with E-state index in [1.54, 1.807) is 0 Å². The van der Waals surface area contributed by atoms with Crippen LogP contribution in [0.2, 0.25) is 5.15 Å². The molecule has 0 bridgehead atoms. The SMILES string of the molecule is [2H]c1c([2H])c([2H])c(-c2nn[nH]n2)c(-c2ccc(Cn3c(C([2H])([2H])C([2H])([2H])C([2H])([2H])C([2H])([2H])[2H])nc(Cl)c3C([2H])([2H])O)cc2)c1[2H]. The number of benzene rings is 2. The van der Waals surface area contributed by atoms with E-state index in [2.05, 4.69) is 25.6 Å². The van der Waals surface area contributed by atoms with Crippen LogP contribution in [-0.2, 0) is 19.5 Å². The number of hydrogen-bond acceptors (Lipinski definition) is 5. The number of aryl methyl sites for hydroxylation is 1. The molecule has 0 spiro atoms. The number of halogens is 1. The summed E-state index contributed by atoms with van der Waals surface area (Å²) >= 11 is 6.08. The van der Waals surface area contributed by atoms with Crippen LogP contribution in [0.1, 0.15) is 57.2 Å². The lowest BCUT2D eigenvalue weighted by atomic mass is 9.98. The van der Waals surface area contributed by atoms with Crippen molar-refractivity contribution in [3.63, 3.8) is 0 Å². The second kappa shape index (κ2) is 9.19. The monoisotopic (exact) mass is 437 g/mol. The van der Waals surface area contributed by atoms with Crippen LogP contribution in [0.3, 0.4) is 0 Å². The first kappa shape index (κ1) is 8.99. The molecule has 7 nitrogen and oxygen atoms in total. The Hall–Kier alpha value is -3.03. The summed E-state index contributed by atoms with van der Waals surface area (Å²) in [4.78, 5) is 3.71. The molecule has 2 aromatic heterocycles. The Kier molecular flexibility index (Phi) is 2.76. The van der Waals surface area contributed by atoms with Crippen molar-refractivity contribution in [2.75, 3.05) is 0 Å². The summed E-state index contributed by atoms with van der Waals surface area (Å²) in [7, 11) is 0. The van der Waals surface area contributed by atoms with Gasteiger partial charge in [0, 0.05) is 30.8 Å². The first-order valence-electron chi connectivity index (χ1n) is 15.9. The van der Waals surface area contributed by atoms with Crippen molar-refractivity contribution in [3.05, 3.63) is 70.7 Å². The highest BCUT2D eigenvalue weighted by Gasteiger charge is 2.16. The zero-order chi connectivity index (χ0) is 34.1. The molecular weight excluding hydrogens is 400 g/mol. The van der Waals surface area contributed by atoms with E-state index in [1.165, 1.54) is 24.3 Å². The first-order chi connectivity index (χ1) is 20.5. The zero-order valence-electron chi connectivity index (χ0n) is 30.1. The number of hydrogen-bond donors (Lipinski definition) is 2. The van der Waals surface area contributed by atoms with E-state index in [4.69, 9.17) is 32.2 Å². The number of aromatic nitrogens is 6. The molecule has 0 saturated heterocycles. The predicted molar refractivity (Wildman–Crippen MR) is 116 cm³/mol. The lowest BCUT2D eigenvalue weighted by Crippen LogP contribution is -2.09. The van der Waals surface area contributed by atoms with Gasteiger partial charge in [-0.05, 0) is 28.3 Å². The quantitative estimate of drug-likeness (QED) is 0.429. The number of nitrogens with one attached hydrogen (secondary N) is 1. The Morgan fingerprint density at radius 3 is 2.73 bits per heavy atom. The van der Waals surface area contributed by atoms with Crippen LogP contribution in [0.15, 0.2) is 48.4 Å². The van der Waals surface area contributed by atoms with Gasteiger partial charge in [0.2, 0.25) is 5.82 Å². The molecule has 0 aliphatic rings. The number of aliphatic hydroxyl groups is 1. The number of rotatable bonds is 8. The van der Waals surface area contributed by atoms with Crippen LogP contribution in [-0.4, -0.2) is 35.3 Å². The minimum Gasteiger partial charge on any atom is -0.390 e. The van der Waals surface area contributed by atoms with Gasteiger partial charge < -0.3 is 9.67 Å². The van der Waals surface area contributed by atoms with Gasteiger partial charge in [-0.1, -0.05) is 73.3 Å². The normalized spacial score (nSPS) is 20.8. The van der Waals surface area contributed by atoms with E-state index >= 15 is 0 Å². The molecule has 0 atom stereocenters. The fourth-order valence-electron chi connectivity index (χ4n) is 2.79. The molecule has 2 aromatic carbocycles. The van der Waals surface area contributed by atoms with Gasteiger partial charge in [-0.25, -0.2) is 4.98 Å². The summed E-state index contributed by atoms with van der Waals surface area (Å²) in [6.45, 7) is -7.43. The third-order valence-electron chi connectivity index (χ3n) is 4.11. The zero-order valence-corrected chi connectivity index (χ0v) is 15.8. The molecule has 0 radical (unpaired) electrons. The first-order valence-corrected chi connectivity index (χ1v) is 8.77. The van der Waals surface area contributed by atoms with Crippen molar-refractivity contribution < 1.29 is 25.7 Å². The molecule has 2 N–H and O–H groups in total. The summed E-state index contributed by atoms with van der Waals surface area (Å²) in [5, 5.41) is 22.8. The number of imidazole rings is 1. The van der Waals surface area contributed by atoms with Gasteiger partial charge in [0.1, 0.15) is 5.82 Å². The molecule has 4 aromatic rings. The fraction of sp³-hybridized carbons (Fsp3) is 0.273. The predicted octanol–water partition coefficient (Wildman–Crippen LogP) is 4.27. The van der Waals surface area contributed by atoms with Crippen molar-refractivity contribution in [2.45, 2.75) is 39.1 Å². The van der Waals surface area contributed by atoms with Crippen LogP contribution < -0.4 is 0 Å². The van der Waals surface area contributed by atoms with Crippen molar-refractivity contribution in [1.29, 1.82) is 0 Å². The highest BCUT2D eigenvalue weighted by molar-refractivity contribution is 6.30. The highest BCUT2D eigenvalue weighted by atomic mass is 35.5. The lowest BCUT2D eigenvalue weighted by molar-refractivity contribution is 0.271. The largest absolute Gasteiger partial charge is 0.390 e. The Labute approximate surface area is 200 Å². The summed E-state index contributed by atoms with van der Waals surface area (Å²) in [6.07, 6.45) is -11.1. The van der Waals surface area contributed by atoms with E-state index in [0.717, 1.165) is 0 Å². The maximum atomic E-state index is 10.2. The molecule has 0 aliphatic heterocycles. The topological polar surface area (TPSA) is 92.5 Å². The van der Waals surface area contributed by atoms with Gasteiger partial charge in [0.15, 0.2) is 5.15 Å². The Morgan fingerprint density at radius 1 is 1.23 bits per heavy atom. The van der Waals surface area contributed by atoms with Crippen molar-refractivity contribution >= 4 is 11.6 Å².